The number of carbonyl (C=O) groups excluding carboxylic acids is 1. The van der Waals surface area contributed by atoms with E-state index in [9.17, 15) is 4.79 Å². The van der Waals surface area contributed by atoms with Crippen LogP contribution in [0.5, 0.6) is 11.5 Å². The zero-order valence-electron chi connectivity index (χ0n) is 16.8. The Morgan fingerprint density at radius 3 is 2.20 bits per heavy atom. The molecule has 3 aromatic rings. The van der Waals surface area contributed by atoms with Crippen molar-refractivity contribution in [3.8, 4) is 11.5 Å². The van der Waals surface area contributed by atoms with Crippen LogP contribution >= 0.6 is 0 Å². The second-order valence-electron chi connectivity index (χ2n) is 6.90. The van der Waals surface area contributed by atoms with E-state index in [0.717, 1.165) is 37.7 Å². The summed E-state index contributed by atoms with van der Waals surface area (Å²) < 4.78 is 10.5. The lowest BCUT2D eigenvalue weighted by molar-refractivity contribution is 0.215. The molecule has 1 aromatic heterocycles. The Balaban J connectivity index is 1.29. The molecule has 2 aromatic carbocycles. The normalized spacial score (nSPS) is 13.6. The number of hydrogen-bond acceptors (Lipinski definition) is 6. The molecule has 1 aliphatic heterocycles. The highest BCUT2D eigenvalue weighted by atomic mass is 16.6. The fourth-order valence-electron chi connectivity index (χ4n) is 3.37. The first-order chi connectivity index (χ1) is 14.7. The summed E-state index contributed by atoms with van der Waals surface area (Å²) >= 11 is 0. The summed E-state index contributed by atoms with van der Waals surface area (Å²) in [7, 11) is 1.67. The van der Waals surface area contributed by atoms with Gasteiger partial charge in [-0.05, 0) is 48.5 Å². The molecule has 0 atom stereocenters. The topological polar surface area (TPSA) is 66.9 Å². The van der Waals surface area contributed by atoms with Gasteiger partial charge in [-0.3, -0.25) is 5.32 Å². The van der Waals surface area contributed by atoms with Gasteiger partial charge in [0, 0.05) is 31.9 Å². The number of rotatable bonds is 5. The lowest BCUT2D eigenvalue weighted by Crippen LogP contribution is -2.46. The Labute approximate surface area is 175 Å². The van der Waals surface area contributed by atoms with Crippen molar-refractivity contribution < 1.29 is 14.3 Å². The minimum Gasteiger partial charge on any atom is -0.497 e. The van der Waals surface area contributed by atoms with E-state index >= 15 is 0 Å². The molecule has 154 valence electrons. The van der Waals surface area contributed by atoms with Crippen LogP contribution in [0.2, 0.25) is 0 Å². The predicted octanol–water partition coefficient (Wildman–Crippen LogP) is 4.03. The Bertz CT molecular complexity index is 954. The number of hydrogen-bond donors (Lipinski definition) is 1. The third-order valence-electron chi connectivity index (χ3n) is 4.99. The maximum Gasteiger partial charge on any atom is 0.417 e. The van der Waals surface area contributed by atoms with E-state index in [1.807, 2.05) is 42.5 Å². The average Bonchev–Trinajstić information content (AvgIpc) is 2.80. The highest BCUT2D eigenvalue weighted by Gasteiger charge is 2.18. The van der Waals surface area contributed by atoms with Gasteiger partial charge in [0.15, 0.2) is 0 Å². The smallest absolute Gasteiger partial charge is 0.417 e. The largest absolute Gasteiger partial charge is 0.497 e. The fourth-order valence-corrected chi connectivity index (χ4v) is 3.37. The summed E-state index contributed by atoms with van der Waals surface area (Å²) in [6, 6.07) is 20.8. The molecule has 1 fully saturated rings. The van der Waals surface area contributed by atoms with E-state index in [0.29, 0.717) is 11.4 Å². The van der Waals surface area contributed by atoms with Crippen LogP contribution < -0.4 is 24.6 Å². The van der Waals surface area contributed by atoms with Gasteiger partial charge in [-0.15, -0.1) is 0 Å². The van der Waals surface area contributed by atoms with Crippen molar-refractivity contribution >= 4 is 23.3 Å². The molecule has 0 aliphatic carbocycles. The van der Waals surface area contributed by atoms with Crippen molar-refractivity contribution in [1.29, 1.82) is 0 Å². The van der Waals surface area contributed by atoms with Gasteiger partial charge >= 0.3 is 6.09 Å². The third kappa shape index (κ3) is 4.81. The number of aromatic nitrogens is 1. The van der Waals surface area contributed by atoms with Gasteiger partial charge < -0.3 is 19.3 Å². The van der Waals surface area contributed by atoms with Gasteiger partial charge in [0.05, 0.1) is 19.0 Å². The highest BCUT2D eigenvalue weighted by molar-refractivity contribution is 5.86. The van der Waals surface area contributed by atoms with Crippen LogP contribution in [0, 0.1) is 0 Å². The number of nitrogens with zero attached hydrogens (tertiary/aromatic N) is 3. The summed E-state index contributed by atoms with van der Waals surface area (Å²) in [4.78, 5) is 21.1. The molecule has 1 saturated heterocycles. The van der Waals surface area contributed by atoms with E-state index in [1.54, 1.807) is 25.4 Å². The molecule has 1 aliphatic rings. The number of piperazine rings is 1. The molecule has 0 radical (unpaired) electrons. The van der Waals surface area contributed by atoms with Gasteiger partial charge in [0.25, 0.3) is 0 Å². The van der Waals surface area contributed by atoms with E-state index < -0.39 is 6.09 Å². The zero-order valence-corrected chi connectivity index (χ0v) is 16.8. The molecule has 0 bridgehead atoms. The summed E-state index contributed by atoms with van der Waals surface area (Å²) in [6.07, 6.45) is 1.11. The van der Waals surface area contributed by atoms with Gasteiger partial charge in [-0.25, -0.2) is 9.78 Å². The Morgan fingerprint density at radius 1 is 0.867 bits per heavy atom. The Kier molecular flexibility index (Phi) is 5.98. The number of methoxy groups -OCH3 is 1. The number of amides is 1. The number of nitrogens with one attached hydrogen (secondary N) is 1. The molecular formula is C23H24N4O3. The predicted molar refractivity (Wildman–Crippen MR) is 118 cm³/mol. The van der Waals surface area contributed by atoms with Crippen molar-refractivity contribution in [2.45, 2.75) is 0 Å². The monoisotopic (exact) mass is 404 g/mol. The molecule has 7 nitrogen and oxygen atoms in total. The van der Waals surface area contributed by atoms with Gasteiger partial charge in [0.2, 0.25) is 0 Å². The second kappa shape index (κ2) is 9.17. The quantitative estimate of drug-likeness (QED) is 0.693. The minimum atomic E-state index is -0.538. The molecule has 4 rings (SSSR count). The van der Waals surface area contributed by atoms with Crippen LogP contribution in [0.15, 0.2) is 72.9 Å². The molecule has 0 unspecified atom stereocenters. The summed E-state index contributed by atoms with van der Waals surface area (Å²) in [5.74, 6) is 2.25. The maximum absolute atomic E-state index is 12.0. The van der Waals surface area contributed by atoms with E-state index in [1.165, 1.54) is 5.69 Å². The zero-order chi connectivity index (χ0) is 20.8. The second-order valence-corrected chi connectivity index (χ2v) is 6.90. The SMILES string of the molecule is COc1ccc(N2CCN(c3ccc(NC(=O)Oc4ccccc4)cn3)CC2)cc1. The fraction of sp³-hybridized carbons (Fsp3) is 0.217. The number of ether oxygens (including phenoxy) is 2. The highest BCUT2D eigenvalue weighted by Crippen LogP contribution is 2.22. The summed E-state index contributed by atoms with van der Waals surface area (Å²) in [6.45, 7) is 3.58. The molecule has 2 heterocycles. The van der Waals surface area contributed by atoms with Crippen molar-refractivity contribution in [2.24, 2.45) is 0 Å². The third-order valence-corrected chi connectivity index (χ3v) is 4.99. The van der Waals surface area contributed by atoms with Gasteiger partial charge in [-0.1, -0.05) is 18.2 Å². The van der Waals surface area contributed by atoms with Crippen molar-refractivity contribution in [1.82, 2.24) is 4.98 Å². The Hall–Kier alpha value is -3.74. The van der Waals surface area contributed by atoms with E-state index in [2.05, 4.69) is 32.2 Å². The van der Waals surface area contributed by atoms with Gasteiger partial charge in [-0.2, -0.15) is 0 Å². The van der Waals surface area contributed by atoms with E-state index in [4.69, 9.17) is 9.47 Å². The number of para-hydroxylation sites is 1. The molecule has 1 N–H and O–H groups in total. The lowest BCUT2D eigenvalue weighted by Gasteiger charge is -2.36. The van der Waals surface area contributed by atoms with Crippen molar-refractivity contribution in [3.63, 3.8) is 0 Å². The van der Waals surface area contributed by atoms with Crippen LogP contribution in [0.3, 0.4) is 0 Å². The average molecular weight is 404 g/mol. The first-order valence-corrected chi connectivity index (χ1v) is 9.85. The standard InChI is InChI=1S/C23H24N4O3/c1-29-20-10-8-19(9-11-20)26-13-15-27(16-14-26)22-12-7-18(17-24-22)25-23(28)30-21-5-3-2-4-6-21/h2-12,17H,13-16H2,1H3,(H,25,28). The van der Waals surface area contributed by atoms with Crippen molar-refractivity contribution in [3.05, 3.63) is 72.9 Å². The number of benzene rings is 2. The van der Waals surface area contributed by atoms with Crippen molar-refractivity contribution in [2.75, 3.05) is 48.4 Å². The molecular weight excluding hydrogens is 380 g/mol. The van der Waals surface area contributed by atoms with Gasteiger partial charge in [0.1, 0.15) is 17.3 Å². The molecule has 30 heavy (non-hydrogen) atoms. The number of anilines is 3. The molecule has 1 amide bonds. The number of carbonyl (C=O) groups is 1. The molecule has 0 spiro atoms. The minimum absolute atomic E-state index is 0.495. The summed E-state index contributed by atoms with van der Waals surface area (Å²) in [5.41, 5.74) is 1.79. The van der Waals surface area contributed by atoms with Crippen LogP contribution in [0.1, 0.15) is 0 Å². The first-order valence-electron chi connectivity index (χ1n) is 9.85. The number of pyridine rings is 1. The molecule has 0 saturated carbocycles. The van der Waals surface area contributed by atoms with Crippen LogP contribution in [-0.2, 0) is 0 Å². The maximum atomic E-state index is 12.0. The van der Waals surface area contributed by atoms with E-state index in [-0.39, 0.29) is 0 Å². The Morgan fingerprint density at radius 2 is 1.57 bits per heavy atom. The summed E-state index contributed by atoms with van der Waals surface area (Å²) in [5, 5.41) is 2.70. The van der Waals surface area contributed by atoms with Crippen LogP contribution in [0.25, 0.3) is 0 Å². The first kappa shape index (κ1) is 19.6. The lowest BCUT2D eigenvalue weighted by atomic mass is 10.2. The van der Waals surface area contributed by atoms with Crippen LogP contribution in [0.4, 0.5) is 22.0 Å². The van der Waals surface area contributed by atoms with Crippen LogP contribution in [-0.4, -0.2) is 44.4 Å². The molecule has 7 heteroatoms.